The first-order valence-corrected chi connectivity index (χ1v) is 8.71. The third-order valence-electron chi connectivity index (χ3n) is 3.52. The summed E-state index contributed by atoms with van der Waals surface area (Å²) in [5.74, 6) is -0.323. The minimum atomic E-state index is -0.459. The van der Waals surface area contributed by atoms with E-state index in [1.807, 2.05) is 19.1 Å². The average Bonchev–Trinajstić information content (AvgIpc) is 2.55. The number of carbonyl (C=O) groups is 1. The molecule has 0 amide bonds. The lowest BCUT2D eigenvalue weighted by Gasteiger charge is -2.20. The molecule has 0 radical (unpaired) electrons. The Balaban J connectivity index is 2.51. The smallest absolute Gasteiger partial charge is 0.319 e. The fourth-order valence-corrected chi connectivity index (χ4v) is 3.39. The highest BCUT2D eigenvalue weighted by Crippen LogP contribution is 2.25. The van der Waals surface area contributed by atoms with E-state index in [1.165, 1.54) is 11.8 Å². The zero-order valence-corrected chi connectivity index (χ0v) is 15.1. The lowest BCUT2D eigenvalue weighted by Crippen LogP contribution is -2.29. The SMILES string of the molecule is CCOC(=O)[C@H](C)Sc1nc2ccccc2c(=O)n1[C@H](C)COC. The molecule has 2 atom stereocenters. The number of methoxy groups -OCH3 is 1. The molecule has 2 aromatic rings. The normalized spacial score (nSPS) is 13.7. The van der Waals surface area contributed by atoms with Crippen LogP contribution in [0.4, 0.5) is 0 Å². The van der Waals surface area contributed by atoms with Crippen LogP contribution in [0.3, 0.4) is 0 Å². The van der Waals surface area contributed by atoms with Gasteiger partial charge in [0.1, 0.15) is 5.25 Å². The molecular formula is C17H22N2O4S. The van der Waals surface area contributed by atoms with E-state index < -0.39 is 5.25 Å². The van der Waals surface area contributed by atoms with Gasteiger partial charge in [-0.2, -0.15) is 0 Å². The summed E-state index contributed by atoms with van der Waals surface area (Å²) < 4.78 is 11.8. The van der Waals surface area contributed by atoms with Gasteiger partial charge in [0.05, 0.1) is 30.2 Å². The van der Waals surface area contributed by atoms with Crippen molar-refractivity contribution >= 4 is 28.6 Å². The van der Waals surface area contributed by atoms with E-state index >= 15 is 0 Å². The minimum Gasteiger partial charge on any atom is -0.465 e. The van der Waals surface area contributed by atoms with Gasteiger partial charge in [-0.05, 0) is 32.9 Å². The quantitative estimate of drug-likeness (QED) is 0.434. The Kier molecular flexibility index (Phi) is 6.39. The Labute approximate surface area is 145 Å². The zero-order chi connectivity index (χ0) is 17.7. The molecule has 1 aromatic carbocycles. The van der Waals surface area contributed by atoms with Crippen LogP contribution in [-0.2, 0) is 14.3 Å². The van der Waals surface area contributed by atoms with Crippen molar-refractivity contribution in [3.8, 4) is 0 Å². The van der Waals surface area contributed by atoms with E-state index in [1.54, 1.807) is 37.7 Å². The second-order valence-corrected chi connectivity index (χ2v) is 6.71. The average molecular weight is 350 g/mol. The van der Waals surface area contributed by atoms with Crippen LogP contribution in [0.2, 0.25) is 0 Å². The summed E-state index contributed by atoms with van der Waals surface area (Å²) in [6.45, 7) is 6.10. The summed E-state index contributed by atoms with van der Waals surface area (Å²) in [5.41, 5.74) is 0.477. The molecular weight excluding hydrogens is 328 g/mol. The van der Waals surface area contributed by atoms with E-state index in [0.29, 0.717) is 29.3 Å². The zero-order valence-electron chi connectivity index (χ0n) is 14.3. The van der Waals surface area contributed by atoms with Crippen molar-refractivity contribution in [2.24, 2.45) is 0 Å². The summed E-state index contributed by atoms with van der Waals surface area (Å²) in [4.78, 5) is 29.4. The van der Waals surface area contributed by atoms with Gasteiger partial charge in [-0.25, -0.2) is 4.98 Å². The van der Waals surface area contributed by atoms with Gasteiger partial charge >= 0.3 is 5.97 Å². The van der Waals surface area contributed by atoms with E-state index in [4.69, 9.17) is 9.47 Å². The number of hydrogen-bond acceptors (Lipinski definition) is 6. The molecule has 0 bridgehead atoms. The maximum Gasteiger partial charge on any atom is 0.319 e. The van der Waals surface area contributed by atoms with Gasteiger partial charge in [0.15, 0.2) is 5.16 Å². The third-order valence-corrected chi connectivity index (χ3v) is 4.57. The molecule has 6 nitrogen and oxygen atoms in total. The summed E-state index contributed by atoms with van der Waals surface area (Å²) >= 11 is 1.22. The van der Waals surface area contributed by atoms with Crippen molar-refractivity contribution in [2.45, 2.75) is 37.2 Å². The van der Waals surface area contributed by atoms with Crippen molar-refractivity contribution in [1.82, 2.24) is 9.55 Å². The monoisotopic (exact) mass is 350 g/mol. The van der Waals surface area contributed by atoms with Crippen LogP contribution in [0.1, 0.15) is 26.8 Å². The van der Waals surface area contributed by atoms with Crippen LogP contribution >= 0.6 is 11.8 Å². The number of fused-ring (bicyclic) bond motifs is 1. The number of hydrogen-bond donors (Lipinski definition) is 0. The van der Waals surface area contributed by atoms with Crippen molar-refractivity contribution in [3.63, 3.8) is 0 Å². The summed E-state index contributed by atoms with van der Waals surface area (Å²) in [6, 6.07) is 6.99. The van der Waals surface area contributed by atoms with Crippen LogP contribution in [-0.4, -0.2) is 41.1 Å². The number of thioether (sulfide) groups is 1. The van der Waals surface area contributed by atoms with Crippen LogP contribution in [0.5, 0.6) is 0 Å². The molecule has 0 aliphatic heterocycles. The first-order valence-electron chi connectivity index (χ1n) is 7.83. The maximum atomic E-state index is 12.9. The molecule has 0 aliphatic carbocycles. The number of ether oxygens (including phenoxy) is 2. The second kappa shape index (κ2) is 8.30. The van der Waals surface area contributed by atoms with E-state index in [2.05, 4.69) is 4.98 Å². The van der Waals surface area contributed by atoms with Crippen molar-refractivity contribution < 1.29 is 14.3 Å². The molecule has 0 N–H and O–H groups in total. The Morgan fingerprint density at radius 3 is 2.71 bits per heavy atom. The predicted molar refractivity (Wildman–Crippen MR) is 94.5 cm³/mol. The fraction of sp³-hybridized carbons (Fsp3) is 0.471. The van der Waals surface area contributed by atoms with Crippen molar-refractivity contribution in [3.05, 3.63) is 34.6 Å². The van der Waals surface area contributed by atoms with Gasteiger partial charge in [0.25, 0.3) is 5.56 Å². The van der Waals surface area contributed by atoms with E-state index in [-0.39, 0.29) is 17.6 Å². The van der Waals surface area contributed by atoms with Gasteiger partial charge in [0, 0.05) is 7.11 Å². The Morgan fingerprint density at radius 1 is 1.33 bits per heavy atom. The highest BCUT2D eigenvalue weighted by molar-refractivity contribution is 8.00. The highest BCUT2D eigenvalue weighted by Gasteiger charge is 2.22. The second-order valence-electron chi connectivity index (χ2n) is 5.40. The molecule has 2 rings (SSSR count). The topological polar surface area (TPSA) is 70.4 Å². The largest absolute Gasteiger partial charge is 0.465 e. The number of esters is 1. The third kappa shape index (κ3) is 3.96. The van der Waals surface area contributed by atoms with Crippen LogP contribution in [0.25, 0.3) is 10.9 Å². The minimum absolute atomic E-state index is 0.135. The van der Waals surface area contributed by atoms with Gasteiger partial charge in [-0.15, -0.1) is 0 Å². The first-order chi connectivity index (χ1) is 11.5. The molecule has 1 aromatic heterocycles. The first kappa shape index (κ1) is 18.5. The molecule has 0 saturated carbocycles. The molecule has 7 heteroatoms. The standard InChI is InChI=1S/C17H22N2O4S/c1-5-23-16(21)12(3)24-17-18-14-9-7-6-8-13(14)15(20)19(17)11(2)10-22-4/h6-9,11-12H,5,10H2,1-4H3/t11-,12+/m1/s1. The number of rotatable bonds is 7. The number of benzene rings is 1. The summed E-state index contributed by atoms with van der Waals surface area (Å²) in [6.07, 6.45) is 0. The van der Waals surface area contributed by atoms with Gasteiger partial charge in [-0.1, -0.05) is 23.9 Å². The van der Waals surface area contributed by atoms with Gasteiger partial charge < -0.3 is 9.47 Å². The summed E-state index contributed by atoms with van der Waals surface area (Å²) in [5, 5.41) is 0.580. The predicted octanol–water partition coefficient (Wildman–Crippen LogP) is 2.65. The number of carbonyl (C=O) groups excluding carboxylic acids is 1. The Bertz CT molecular complexity index is 775. The van der Waals surface area contributed by atoms with Crippen molar-refractivity contribution in [2.75, 3.05) is 20.3 Å². The van der Waals surface area contributed by atoms with Gasteiger partial charge in [0.2, 0.25) is 0 Å². The molecule has 0 unspecified atom stereocenters. The lowest BCUT2D eigenvalue weighted by atomic mass is 10.2. The number of aromatic nitrogens is 2. The maximum absolute atomic E-state index is 12.9. The van der Waals surface area contributed by atoms with Crippen LogP contribution in [0.15, 0.2) is 34.2 Å². The molecule has 24 heavy (non-hydrogen) atoms. The molecule has 0 fully saturated rings. The molecule has 1 heterocycles. The highest BCUT2D eigenvalue weighted by atomic mass is 32.2. The fourth-order valence-electron chi connectivity index (χ4n) is 2.38. The van der Waals surface area contributed by atoms with E-state index in [9.17, 15) is 9.59 Å². The Hall–Kier alpha value is -1.86. The summed E-state index contributed by atoms with van der Waals surface area (Å²) in [7, 11) is 1.59. The molecule has 130 valence electrons. The molecule has 0 saturated heterocycles. The molecule has 0 aliphatic rings. The van der Waals surface area contributed by atoms with E-state index in [0.717, 1.165) is 0 Å². The Morgan fingerprint density at radius 2 is 2.04 bits per heavy atom. The number of nitrogens with zero attached hydrogens (tertiary/aromatic N) is 2. The van der Waals surface area contributed by atoms with Crippen LogP contribution in [0, 0.1) is 0 Å². The van der Waals surface area contributed by atoms with Gasteiger partial charge in [-0.3, -0.25) is 14.2 Å². The lowest BCUT2D eigenvalue weighted by molar-refractivity contribution is -0.142. The van der Waals surface area contributed by atoms with Crippen molar-refractivity contribution in [1.29, 1.82) is 0 Å². The molecule has 0 spiro atoms. The van der Waals surface area contributed by atoms with Crippen LogP contribution < -0.4 is 5.56 Å². The number of para-hydroxylation sites is 1.